The summed E-state index contributed by atoms with van der Waals surface area (Å²) in [6.07, 6.45) is 1.68. The van der Waals surface area contributed by atoms with Crippen molar-refractivity contribution in [1.29, 1.82) is 0 Å². The summed E-state index contributed by atoms with van der Waals surface area (Å²) in [6.45, 7) is 7.51. The van der Waals surface area contributed by atoms with Crippen LogP contribution in [0, 0.1) is 5.92 Å². The summed E-state index contributed by atoms with van der Waals surface area (Å²) >= 11 is 0. The molecule has 0 aromatic heterocycles. The van der Waals surface area contributed by atoms with Gasteiger partial charge in [-0.1, -0.05) is 13.0 Å². The topological polar surface area (TPSA) is 66.3 Å². The Morgan fingerprint density at radius 2 is 1.92 bits per heavy atom. The van der Waals surface area contributed by atoms with Gasteiger partial charge in [-0.3, -0.25) is 4.99 Å². The third-order valence-corrected chi connectivity index (χ3v) is 4.62. The quantitative estimate of drug-likeness (QED) is 0.375. The molecular weight excluding hydrogens is 445 g/mol. The molecule has 1 fully saturated rings. The second kappa shape index (κ2) is 11.5. The Morgan fingerprint density at radius 1 is 1.27 bits per heavy atom. The number of aliphatic imine (C=N–C) groups is 1. The summed E-state index contributed by atoms with van der Waals surface area (Å²) < 4.78 is 10.5. The van der Waals surface area contributed by atoms with E-state index >= 15 is 0 Å². The van der Waals surface area contributed by atoms with Gasteiger partial charge in [0.1, 0.15) is 0 Å². The zero-order valence-electron chi connectivity index (χ0n) is 16.2. The van der Waals surface area contributed by atoms with E-state index in [4.69, 9.17) is 9.47 Å². The van der Waals surface area contributed by atoms with E-state index in [-0.39, 0.29) is 24.0 Å². The molecule has 0 spiro atoms. The van der Waals surface area contributed by atoms with E-state index in [0.29, 0.717) is 18.0 Å². The molecule has 1 saturated heterocycles. The number of rotatable bonds is 6. The van der Waals surface area contributed by atoms with E-state index in [0.717, 1.165) is 37.1 Å². The van der Waals surface area contributed by atoms with Crippen LogP contribution in [0.2, 0.25) is 0 Å². The van der Waals surface area contributed by atoms with Crippen molar-refractivity contribution in [3.63, 3.8) is 0 Å². The minimum atomic E-state index is -0.683. The highest BCUT2D eigenvalue weighted by Crippen LogP contribution is 2.30. The number of nitrogens with zero attached hydrogens (tertiary/aromatic N) is 2. The molecule has 1 atom stereocenters. The second-order valence-corrected chi connectivity index (χ2v) is 6.49. The zero-order valence-corrected chi connectivity index (χ0v) is 18.5. The Bertz CT molecular complexity index is 575. The van der Waals surface area contributed by atoms with Gasteiger partial charge in [0.25, 0.3) is 0 Å². The Labute approximate surface area is 174 Å². The number of ether oxygens (including phenoxy) is 2. The average Bonchev–Trinajstić information content (AvgIpc) is 2.65. The van der Waals surface area contributed by atoms with E-state index in [1.165, 1.54) is 12.8 Å². The molecule has 1 aliphatic rings. The van der Waals surface area contributed by atoms with Crippen molar-refractivity contribution in [1.82, 2.24) is 10.2 Å². The predicted octanol–water partition coefficient (Wildman–Crippen LogP) is 3.05. The van der Waals surface area contributed by atoms with Gasteiger partial charge < -0.3 is 24.8 Å². The monoisotopic (exact) mass is 477 g/mol. The number of piperidine rings is 1. The minimum absolute atomic E-state index is 0. The molecule has 0 amide bonds. The fourth-order valence-electron chi connectivity index (χ4n) is 2.98. The molecule has 0 aliphatic carbocycles. The number of guanidine groups is 1. The first-order valence-corrected chi connectivity index (χ1v) is 9.02. The molecule has 2 N–H and O–H groups in total. The number of likely N-dealkylation sites (tertiary alicyclic amines) is 1. The molecule has 1 unspecified atom stereocenters. The van der Waals surface area contributed by atoms with Crippen LogP contribution < -0.4 is 14.8 Å². The fourth-order valence-corrected chi connectivity index (χ4v) is 2.98. The van der Waals surface area contributed by atoms with Crippen molar-refractivity contribution in [3.05, 3.63) is 23.8 Å². The van der Waals surface area contributed by atoms with Gasteiger partial charge in [-0.25, -0.2) is 0 Å². The van der Waals surface area contributed by atoms with Gasteiger partial charge in [0.2, 0.25) is 0 Å². The lowest BCUT2D eigenvalue weighted by atomic mass is 9.99. The van der Waals surface area contributed by atoms with Gasteiger partial charge in [0.15, 0.2) is 17.5 Å². The van der Waals surface area contributed by atoms with Crippen LogP contribution >= 0.6 is 24.0 Å². The van der Waals surface area contributed by atoms with Crippen molar-refractivity contribution in [2.75, 3.05) is 40.4 Å². The van der Waals surface area contributed by atoms with E-state index in [9.17, 15) is 5.11 Å². The van der Waals surface area contributed by atoms with Crippen molar-refractivity contribution >= 4 is 29.9 Å². The lowest BCUT2D eigenvalue weighted by Crippen LogP contribution is -2.45. The fraction of sp³-hybridized carbons (Fsp3) is 0.632. The zero-order chi connectivity index (χ0) is 18.2. The summed E-state index contributed by atoms with van der Waals surface area (Å²) in [5.74, 6) is 2.92. The van der Waals surface area contributed by atoms with Gasteiger partial charge >= 0.3 is 0 Å². The minimum Gasteiger partial charge on any atom is -0.493 e. The van der Waals surface area contributed by atoms with E-state index < -0.39 is 6.10 Å². The summed E-state index contributed by atoms with van der Waals surface area (Å²) in [6, 6.07) is 5.45. The number of nitrogens with one attached hydrogen (secondary N) is 1. The normalized spacial score (nSPS) is 16.7. The van der Waals surface area contributed by atoms with Crippen LogP contribution in [0.25, 0.3) is 0 Å². The highest BCUT2D eigenvalue weighted by atomic mass is 127. The van der Waals surface area contributed by atoms with Crippen LogP contribution in [0.15, 0.2) is 23.2 Å². The van der Waals surface area contributed by atoms with Gasteiger partial charge in [-0.05, 0) is 43.4 Å². The predicted molar refractivity (Wildman–Crippen MR) is 116 cm³/mol. The molecular formula is C19H32IN3O3. The number of benzene rings is 1. The number of aliphatic hydroxyl groups excluding tert-OH is 1. The Hall–Kier alpha value is -1.22. The van der Waals surface area contributed by atoms with Crippen LogP contribution in [0.1, 0.15) is 38.4 Å². The second-order valence-electron chi connectivity index (χ2n) is 6.49. The first-order valence-electron chi connectivity index (χ1n) is 9.02. The third kappa shape index (κ3) is 6.19. The largest absolute Gasteiger partial charge is 0.493 e. The standard InChI is InChI=1S/C19H31N3O3.HI/c1-5-20-19(22-10-8-14(2)9-11-22)21-13-16(23)15-6-7-17(24-3)18(12-15)25-4;/h6-7,12,14,16,23H,5,8-11,13H2,1-4H3,(H,20,21);1H. The molecule has 2 rings (SSSR count). The van der Waals surface area contributed by atoms with Crippen molar-refractivity contribution < 1.29 is 14.6 Å². The van der Waals surface area contributed by atoms with Crippen LogP contribution in [-0.2, 0) is 0 Å². The summed E-state index contributed by atoms with van der Waals surface area (Å²) in [5, 5.41) is 13.8. The summed E-state index contributed by atoms with van der Waals surface area (Å²) in [5.41, 5.74) is 0.768. The molecule has 0 radical (unpaired) electrons. The molecule has 148 valence electrons. The molecule has 7 heteroatoms. The Morgan fingerprint density at radius 3 is 2.50 bits per heavy atom. The molecule has 6 nitrogen and oxygen atoms in total. The molecule has 1 heterocycles. The number of methoxy groups -OCH3 is 2. The summed E-state index contributed by atoms with van der Waals surface area (Å²) in [7, 11) is 3.19. The van der Waals surface area contributed by atoms with Gasteiger partial charge in [0, 0.05) is 19.6 Å². The smallest absolute Gasteiger partial charge is 0.194 e. The molecule has 1 aromatic carbocycles. The number of hydrogen-bond donors (Lipinski definition) is 2. The van der Waals surface area contributed by atoms with Crippen molar-refractivity contribution in [2.24, 2.45) is 10.9 Å². The molecule has 1 aliphatic heterocycles. The van der Waals surface area contributed by atoms with Gasteiger partial charge in [0.05, 0.1) is 26.9 Å². The number of hydrogen-bond acceptors (Lipinski definition) is 4. The lowest BCUT2D eigenvalue weighted by Gasteiger charge is -2.33. The maximum absolute atomic E-state index is 10.5. The van der Waals surface area contributed by atoms with Crippen molar-refractivity contribution in [2.45, 2.75) is 32.8 Å². The number of aliphatic hydroxyl groups is 1. The van der Waals surface area contributed by atoms with Crippen molar-refractivity contribution in [3.8, 4) is 11.5 Å². The van der Waals surface area contributed by atoms with Gasteiger partial charge in [-0.2, -0.15) is 0 Å². The van der Waals surface area contributed by atoms with E-state index in [2.05, 4.69) is 29.1 Å². The maximum atomic E-state index is 10.5. The molecule has 0 saturated carbocycles. The first-order chi connectivity index (χ1) is 12.1. The summed E-state index contributed by atoms with van der Waals surface area (Å²) in [4.78, 5) is 6.93. The lowest BCUT2D eigenvalue weighted by molar-refractivity contribution is 0.185. The highest BCUT2D eigenvalue weighted by molar-refractivity contribution is 14.0. The Kier molecular flexibility index (Phi) is 10.1. The Balaban J connectivity index is 0.00000338. The van der Waals surface area contributed by atoms with E-state index in [1.54, 1.807) is 26.4 Å². The van der Waals surface area contributed by atoms with Gasteiger partial charge in [-0.15, -0.1) is 24.0 Å². The average molecular weight is 477 g/mol. The van der Waals surface area contributed by atoms with Crippen LogP contribution in [0.5, 0.6) is 11.5 Å². The SMILES string of the molecule is CCNC(=NCC(O)c1ccc(OC)c(OC)c1)N1CCC(C)CC1.I. The van der Waals surface area contributed by atoms with E-state index in [1.807, 2.05) is 6.07 Å². The highest BCUT2D eigenvalue weighted by Gasteiger charge is 2.19. The molecule has 0 bridgehead atoms. The van der Waals surface area contributed by atoms with Crippen LogP contribution in [-0.4, -0.2) is 56.4 Å². The third-order valence-electron chi connectivity index (χ3n) is 4.62. The first kappa shape index (κ1) is 22.8. The maximum Gasteiger partial charge on any atom is 0.194 e. The van der Waals surface area contributed by atoms with Crippen LogP contribution in [0.4, 0.5) is 0 Å². The molecule has 1 aromatic rings. The number of halogens is 1. The molecule has 26 heavy (non-hydrogen) atoms. The van der Waals surface area contributed by atoms with Crippen LogP contribution in [0.3, 0.4) is 0 Å².